The van der Waals surface area contributed by atoms with E-state index in [4.69, 9.17) is 5.11 Å². The minimum absolute atomic E-state index is 0.0141. The van der Waals surface area contributed by atoms with Gasteiger partial charge in [0.05, 0.1) is 6.42 Å². The van der Waals surface area contributed by atoms with Gasteiger partial charge in [0.25, 0.3) is 0 Å². The van der Waals surface area contributed by atoms with Gasteiger partial charge in [0.1, 0.15) is 0 Å². The zero-order valence-electron chi connectivity index (χ0n) is 12.3. The van der Waals surface area contributed by atoms with Gasteiger partial charge in [-0.15, -0.1) is 0 Å². The summed E-state index contributed by atoms with van der Waals surface area (Å²) in [5.41, 5.74) is 0. The van der Waals surface area contributed by atoms with Crippen molar-refractivity contribution in [3.63, 3.8) is 0 Å². The molecule has 0 aromatic carbocycles. The van der Waals surface area contributed by atoms with Crippen LogP contribution in [0.4, 0.5) is 4.79 Å². The number of likely N-dealkylation sites (tertiary alicyclic amines) is 1. The SMILES string of the molecule is O=C(O)CC1CCCCN1C(=O)NC1C2C3CCC(C3)C12. The topological polar surface area (TPSA) is 69.6 Å². The predicted octanol–water partition coefficient (Wildman–Crippen LogP) is 2.07. The van der Waals surface area contributed by atoms with Gasteiger partial charge in [-0.2, -0.15) is 0 Å². The third-order valence-corrected chi connectivity index (χ3v) is 6.32. The van der Waals surface area contributed by atoms with Gasteiger partial charge in [0, 0.05) is 18.6 Å². The fraction of sp³-hybridized carbons (Fsp3) is 0.875. The molecule has 2 bridgehead atoms. The van der Waals surface area contributed by atoms with E-state index in [1.165, 1.54) is 19.3 Å². The third-order valence-electron chi connectivity index (χ3n) is 6.32. The molecule has 3 aliphatic carbocycles. The van der Waals surface area contributed by atoms with Crippen LogP contribution in [0, 0.1) is 23.7 Å². The van der Waals surface area contributed by atoms with Crippen LogP contribution in [0.3, 0.4) is 0 Å². The Morgan fingerprint density at radius 1 is 1.10 bits per heavy atom. The van der Waals surface area contributed by atoms with Gasteiger partial charge in [-0.3, -0.25) is 4.79 Å². The van der Waals surface area contributed by atoms with Crippen molar-refractivity contribution < 1.29 is 14.7 Å². The molecule has 0 aromatic rings. The van der Waals surface area contributed by atoms with Crippen molar-refractivity contribution in [2.45, 2.75) is 57.0 Å². The number of piperidine rings is 1. The molecule has 1 saturated heterocycles. The number of carboxylic acids is 1. The smallest absolute Gasteiger partial charge is 0.317 e. The van der Waals surface area contributed by atoms with E-state index >= 15 is 0 Å². The average Bonchev–Trinajstić information content (AvgIpc) is 2.83. The zero-order valence-corrected chi connectivity index (χ0v) is 12.3. The first-order valence-electron chi connectivity index (χ1n) is 8.44. The molecular weight excluding hydrogens is 268 g/mol. The summed E-state index contributed by atoms with van der Waals surface area (Å²) in [4.78, 5) is 25.3. The lowest BCUT2D eigenvalue weighted by molar-refractivity contribution is -0.138. The fourth-order valence-corrected chi connectivity index (χ4v) is 5.43. The molecule has 4 rings (SSSR count). The number of urea groups is 1. The summed E-state index contributed by atoms with van der Waals surface area (Å²) in [6.07, 6.45) is 7.01. The molecule has 4 fully saturated rings. The Bertz CT molecular complexity index is 450. The van der Waals surface area contributed by atoms with Gasteiger partial charge in [0.2, 0.25) is 0 Å². The van der Waals surface area contributed by atoms with E-state index in [0.29, 0.717) is 12.6 Å². The van der Waals surface area contributed by atoms with E-state index in [2.05, 4.69) is 5.32 Å². The highest BCUT2D eigenvalue weighted by Crippen LogP contribution is 2.65. The minimum Gasteiger partial charge on any atom is -0.481 e. The molecule has 3 saturated carbocycles. The van der Waals surface area contributed by atoms with Crippen molar-refractivity contribution in [3.8, 4) is 0 Å². The average molecular weight is 292 g/mol. The molecule has 21 heavy (non-hydrogen) atoms. The highest BCUT2D eigenvalue weighted by molar-refractivity contribution is 5.77. The maximum Gasteiger partial charge on any atom is 0.317 e. The molecule has 5 unspecified atom stereocenters. The third kappa shape index (κ3) is 2.21. The Labute approximate surface area is 125 Å². The van der Waals surface area contributed by atoms with E-state index in [1.807, 2.05) is 0 Å². The standard InChI is InChI=1S/C16H24N2O3/c19-12(20)8-11-3-1-2-6-18(11)16(21)17-15-13-9-4-5-10(7-9)14(13)15/h9-11,13-15H,1-8H2,(H,17,21)(H,19,20). The van der Waals surface area contributed by atoms with Crippen LogP contribution in [0.25, 0.3) is 0 Å². The van der Waals surface area contributed by atoms with Crippen LogP contribution >= 0.6 is 0 Å². The largest absolute Gasteiger partial charge is 0.481 e. The maximum atomic E-state index is 12.5. The number of rotatable bonds is 3. The molecule has 2 N–H and O–H groups in total. The molecule has 0 spiro atoms. The Kier molecular flexibility index (Phi) is 3.12. The number of hydrogen-bond donors (Lipinski definition) is 2. The first kappa shape index (κ1) is 13.4. The van der Waals surface area contributed by atoms with Crippen molar-refractivity contribution in [1.29, 1.82) is 0 Å². The van der Waals surface area contributed by atoms with Gasteiger partial charge in [-0.05, 0) is 62.2 Å². The van der Waals surface area contributed by atoms with Crippen LogP contribution in [0.5, 0.6) is 0 Å². The van der Waals surface area contributed by atoms with Crippen molar-refractivity contribution >= 4 is 12.0 Å². The lowest BCUT2D eigenvalue weighted by atomic mass is 10.00. The molecule has 116 valence electrons. The summed E-state index contributed by atoms with van der Waals surface area (Å²) >= 11 is 0. The predicted molar refractivity (Wildman–Crippen MR) is 76.7 cm³/mol. The van der Waals surface area contributed by atoms with Crippen LogP contribution in [0.15, 0.2) is 0 Å². The van der Waals surface area contributed by atoms with Crippen LogP contribution in [0.2, 0.25) is 0 Å². The van der Waals surface area contributed by atoms with Gasteiger partial charge in [-0.1, -0.05) is 0 Å². The van der Waals surface area contributed by atoms with E-state index in [0.717, 1.165) is 42.9 Å². The van der Waals surface area contributed by atoms with Crippen molar-refractivity contribution in [2.24, 2.45) is 23.7 Å². The first-order chi connectivity index (χ1) is 10.1. The molecule has 5 atom stereocenters. The summed E-state index contributed by atoms with van der Waals surface area (Å²) in [5, 5.41) is 12.2. The lowest BCUT2D eigenvalue weighted by Crippen LogP contribution is -2.50. The number of hydrogen-bond acceptors (Lipinski definition) is 2. The van der Waals surface area contributed by atoms with Crippen LogP contribution in [0.1, 0.15) is 44.9 Å². The Morgan fingerprint density at radius 3 is 2.48 bits per heavy atom. The zero-order chi connectivity index (χ0) is 14.6. The Morgan fingerprint density at radius 2 is 1.81 bits per heavy atom. The highest BCUT2D eigenvalue weighted by atomic mass is 16.4. The molecule has 1 aliphatic heterocycles. The molecule has 0 radical (unpaired) electrons. The fourth-order valence-electron chi connectivity index (χ4n) is 5.43. The van der Waals surface area contributed by atoms with E-state index < -0.39 is 5.97 Å². The van der Waals surface area contributed by atoms with Crippen molar-refractivity contribution in [1.82, 2.24) is 10.2 Å². The summed E-state index contributed by atoms with van der Waals surface area (Å²) in [7, 11) is 0. The number of carbonyl (C=O) groups is 2. The van der Waals surface area contributed by atoms with E-state index in [-0.39, 0.29) is 18.5 Å². The molecule has 5 heteroatoms. The van der Waals surface area contributed by atoms with Crippen molar-refractivity contribution in [2.75, 3.05) is 6.54 Å². The van der Waals surface area contributed by atoms with E-state index in [1.54, 1.807) is 4.90 Å². The monoisotopic (exact) mass is 292 g/mol. The normalized spacial score (nSPS) is 43.5. The quantitative estimate of drug-likeness (QED) is 0.836. The number of amides is 2. The first-order valence-corrected chi connectivity index (χ1v) is 8.44. The second-order valence-corrected chi connectivity index (χ2v) is 7.40. The van der Waals surface area contributed by atoms with Gasteiger partial charge in [-0.25, -0.2) is 4.79 Å². The van der Waals surface area contributed by atoms with E-state index in [9.17, 15) is 9.59 Å². The molecule has 4 aliphatic rings. The number of carbonyl (C=O) groups excluding carboxylic acids is 1. The lowest BCUT2D eigenvalue weighted by Gasteiger charge is -2.35. The van der Waals surface area contributed by atoms with Crippen LogP contribution in [-0.2, 0) is 4.79 Å². The summed E-state index contributed by atoms with van der Waals surface area (Å²) in [6.45, 7) is 0.707. The van der Waals surface area contributed by atoms with Crippen molar-refractivity contribution in [3.05, 3.63) is 0 Å². The summed E-state index contributed by atoms with van der Waals surface area (Å²) in [6, 6.07) is 0.252. The summed E-state index contributed by atoms with van der Waals surface area (Å²) in [5.74, 6) is 2.36. The minimum atomic E-state index is -0.805. The molecular formula is C16H24N2O3. The Balaban J connectivity index is 1.37. The number of fused-ring (bicyclic) bond motifs is 5. The van der Waals surface area contributed by atoms with Gasteiger partial charge in [0.15, 0.2) is 0 Å². The van der Waals surface area contributed by atoms with Gasteiger partial charge >= 0.3 is 12.0 Å². The molecule has 0 aromatic heterocycles. The second kappa shape index (κ2) is 4.89. The second-order valence-electron chi connectivity index (χ2n) is 7.40. The molecule has 1 heterocycles. The molecule has 5 nitrogen and oxygen atoms in total. The molecule has 2 amide bonds. The van der Waals surface area contributed by atoms with Gasteiger partial charge < -0.3 is 15.3 Å². The van der Waals surface area contributed by atoms with Crippen LogP contribution < -0.4 is 5.32 Å². The maximum absolute atomic E-state index is 12.5. The van der Waals surface area contributed by atoms with Crippen LogP contribution in [-0.4, -0.2) is 40.6 Å². The number of aliphatic carboxylic acids is 1. The number of nitrogens with zero attached hydrogens (tertiary/aromatic N) is 1. The number of carboxylic acid groups (broad SMARTS) is 1. The highest BCUT2D eigenvalue weighted by Gasteiger charge is 2.65. The Hall–Kier alpha value is -1.26. The summed E-state index contributed by atoms with van der Waals surface area (Å²) < 4.78 is 0. The number of nitrogens with one attached hydrogen (secondary N) is 1.